The van der Waals surface area contributed by atoms with E-state index in [-0.39, 0.29) is 23.2 Å². The van der Waals surface area contributed by atoms with Crippen molar-refractivity contribution in [2.45, 2.75) is 58.7 Å². The molecule has 2 aromatic carbocycles. The summed E-state index contributed by atoms with van der Waals surface area (Å²) in [5, 5.41) is 11.3. The number of halogens is 1. The Hall–Kier alpha value is -2.24. The Bertz CT molecular complexity index is 1020. The summed E-state index contributed by atoms with van der Waals surface area (Å²) in [5.41, 5.74) is 0.887. The number of ether oxygens (including phenoxy) is 3. The van der Waals surface area contributed by atoms with E-state index in [0.29, 0.717) is 36.0 Å². The Morgan fingerprint density at radius 2 is 1.79 bits per heavy atom. The number of hydrogen-bond donors (Lipinski definition) is 1. The smallest absolute Gasteiger partial charge is 0.166 e. The monoisotopic (exact) mass is 472 g/mol. The number of rotatable bonds is 7. The van der Waals surface area contributed by atoms with E-state index in [4.69, 9.17) is 25.8 Å². The molecule has 2 aliphatic rings. The van der Waals surface area contributed by atoms with Crippen LogP contribution in [0.3, 0.4) is 0 Å². The van der Waals surface area contributed by atoms with E-state index in [0.717, 1.165) is 36.1 Å². The van der Waals surface area contributed by atoms with Crippen LogP contribution < -0.4 is 14.2 Å². The summed E-state index contributed by atoms with van der Waals surface area (Å²) in [6, 6.07) is 11.3. The standard InChI is InChI=1S/C27H33ClO5/c1-26-14-13-24(30)27(2,22(26)11-12-23(26)29)15-19-20(28)9-10-21(32-4)25(19)33-16-17-5-7-18(31-3)8-6-17/h5-10,22-23,29H,11-16H2,1-4H3/t22-,23-,26-,27+/m1/s1. The van der Waals surface area contributed by atoms with Gasteiger partial charge in [0.25, 0.3) is 0 Å². The fourth-order valence-corrected chi connectivity index (χ4v) is 6.21. The van der Waals surface area contributed by atoms with E-state index in [1.807, 2.05) is 31.2 Å². The first-order valence-electron chi connectivity index (χ1n) is 11.6. The van der Waals surface area contributed by atoms with Gasteiger partial charge in [-0.05, 0) is 66.8 Å². The van der Waals surface area contributed by atoms with Gasteiger partial charge < -0.3 is 19.3 Å². The minimum atomic E-state index is -0.626. The molecule has 0 heterocycles. The molecule has 178 valence electrons. The van der Waals surface area contributed by atoms with Crippen molar-refractivity contribution in [1.82, 2.24) is 0 Å². The number of Topliss-reactive ketones (excluding diaryl/α,β-unsaturated/α-hetero) is 1. The molecule has 0 radical (unpaired) electrons. The van der Waals surface area contributed by atoms with Gasteiger partial charge >= 0.3 is 0 Å². The summed E-state index contributed by atoms with van der Waals surface area (Å²) < 4.78 is 17.1. The third-order valence-electron chi connectivity index (χ3n) is 8.06. The van der Waals surface area contributed by atoms with Gasteiger partial charge in [-0.1, -0.05) is 37.6 Å². The molecule has 2 fully saturated rings. The molecule has 0 amide bonds. The molecule has 0 unspecified atom stereocenters. The highest BCUT2D eigenvalue weighted by molar-refractivity contribution is 6.31. The highest BCUT2D eigenvalue weighted by Crippen LogP contribution is 2.60. The number of carbonyl (C=O) groups is 1. The minimum absolute atomic E-state index is 0.0953. The third-order valence-corrected chi connectivity index (χ3v) is 8.41. The molecule has 0 aliphatic heterocycles. The molecule has 33 heavy (non-hydrogen) atoms. The lowest BCUT2D eigenvalue weighted by atomic mass is 9.54. The minimum Gasteiger partial charge on any atom is -0.497 e. The number of carbonyl (C=O) groups excluding carboxylic acids is 1. The van der Waals surface area contributed by atoms with Crippen LogP contribution >= 0.6 is 11.6 Å². The van der Waals surface area contributed by atoms with Crippen LogP contribution in [-0.2, 0) is 17.8 Å². The van der Waals surface area contributed by atoms with Gasteiger partial charge in [0.15, 0.2) is 11.5 Å². The molecule has 2 aliphatic carbocycles. The molecule has 2 saturated carbocycles. The molecular weight excluding hydrogens is 440 g/mol. The molecule has 0 aromatic heterocycles. The van der Waals surface area contributed by atoms with E-state index in [9.17, 15) is 9.90 Å². The highest BCUT2D eigenvalue weighted by Gasteiger charge is 2.59. The molecule has 4 atom stereocenters. The van der Waals surface area contributed by atoms with Gasteiger partial charge in [-0.2, -0.15) is 0 Å². The van der Waals surface area contributed by atoms with Crippen molar-refractivity contribution in [3.8, 4) is 17.2 Å². The molecule has 5 nitrogen and oxygen atoms in total. The van der Waals surface area contributed by atoms with E-state index < -0.39 is 5.41 Å². The molecule has 2 aromatic rings. The second-order valence-electron chi connectivity index (χ2n) is 9.86. The number of hydrogen-bond acceptors (Lipinski definition) is 5. The van der Waals surface area contributed by atoms with Gasteiger partial charge in [-0.25, -0.2) is 0 Å². The van der Waals surface area contributed by atoms with Gasteiger partial charge in [0.2, 0.25) is 0 Å². The van der Waals surface area contributed by atoms with Crippen molar-refractivity contribution in [1.29, 1.82) is 0 Å². The maximum atomic E-state index is 13.3. The number of aliphatic hydroxyl groups is 1. The summed E-state index contributed by atoms with van der Waals surface area (Å²) in [6.07, 6.45) is 2.86. The first kappa shape index (κ1) is 23.9. The van der Waals surface area contributed by atoms with Crippen molar-refractivity contribution in [3.05, 3.63) is 52.5 Å². The van der Waals surface area contributed by atoms with Crippen LogP contribution in [0.4, 0.5) is 0 Å². The number of ketones is 1. The van der Waals surface area contributed by atoms with Crippen LogP contribution in [0, 0.1) is 16.7 Å². The number of fused-ring (bicyclic) bond motifs is 1. The van der Waals surface area contributed by atoms with E-state index >= 15 is 0 Å². The van der Waals surface area contributed by atoms with Gasteiger partial charge in [-0.3, -0.25) is 4.79 Å². The van der Waals surface area contributed by atoms with Gasteiger partial charge in [0.1, 0.15) is 18.1 Å². The van der Waals surface area contributed by atoms with Crippen LogP contribution in [0.5, 0.6) is 17.2 Å². The summed E-state index contributed by atoms with van der Waals surface area (Å²) in [7, 11) is 3.24. The van der Waals surface area contributed by atoms with Crippen molar-refractivity contribution in [2.75, 3.05) is 14.2 Å². The first-order valence-corrected chi connectivity index (χ1v) is 11.9. The normalized spacial score (nSPS) is 29.0. The zero-order chi connectivity index (χ0) is 23.8. The molecule has 0 saturated heterocycles. The lowest BCUT2D eigenvalue weighted by molar-refractivity contribution is -0.143. The first-order chi connectivity index (χ1) is 15.7. The summed E-state index contributed by atoms with van der Waals surface area (Å²) >= 11 is 6.70. The number of aliphatic hydroxyl groups excluding tert-OH is 1. The second kappa shape index (κ2) is 9.19. The highest BCUT2D eigenvalue weighted by atomic mass is 35.5. The maximum Gasteiger partial charge on any atom is 0.166 e. The van der Waals surface area contributed by atoms with Crippen LogP contribution in [0.2, 0.25) is 5.02 Å². The Balaban J connectivity index is 1.67. The lowest BCUT2D eigenvalue weighted by Crippen LogP contribution is -2.50. The maximum absolute atomic E-state index is 13.3. The van der Waals surface area contributed by atoms with Crippen molar-refractivity contribution in [2.24, 2.45) is 16.7 Å². The van der Waals surface area contributed by atoms with Gasteiger partial charge in [0.05, 0.1) is 20.3 Å². The molecule has 0 bridgehead atoms. The Labute approximate surface area is 201 Å². The van der Waals surface area contributed by atoms with E-state index in [2.05, 4.69) is 6.92 Å². The van der Waals surface area contributed by atoms with Crippen LogP contribution in [0.15, 0.2) is 36.4 Å². The second-order valence-corrected chi connectivity index (χ2v) is 10.3. The Morgan fingerprint density at radius 3 is 2.45 bits per heavy atom. The number of methoxy groups -OCH3 is 2. The summed E-state index contributed by atoms with van der Waals surface area (Å²) in [5.74, 6) is 2.27. The average Bonchev–Trinajstić information content (AvgIpc) is 3.13. The molecule has 6 heteroatoms. The van der Waals surface area contributed by atoms with Crippen LogP contribution in [0.1, 0.15) is 50.7 Å². The van der Waals surface area contributed by atoms with Crippen LogP contribution in [-0.4, -0.2) is 31.2 Å². The predicted octanol–water partition coefficient (Wildman–Crippen LogP) is 5.63. The van der Waals surface area contributed by atoms with E-state index in [1.165, 1.54) is 0 Å². The van der Waals surface area contributed by atoms with Crippen molar-refractivity contribution >= 4 is 17.4 Å². The fourth-order valence-electron chi connectivity index (χ4n) is 6.00. The van der Waals surface area contributed by atoms with Gasteiger partial charge in [0, 0.05) is 22.4 Å². The quantitative estimate of drug-likeness (QED) is 0.566. The van der Waals surface area contributed by atoms with E-state index in [1.54, 1.807) is 26.4 Å². The topological polar surface area (TPSA) is 65.0 Å². The summed E-state index contributed by atoms with van der Waals surface area (Å²) in [4.78, 5) is 13.3. The Morgan fingerprint density at radius 1 is 1.06 bits per heavy atom. The largest absolute Gasteiger partial charge is 0.497 e. The SMILES string of the molecule is COc1ccc(COc2c(OC)ccc(Cl)c2C[C@]2(C)C(=O)CC[C@@]3(C)[C@H](O)CC[C@H]32)cc1. The van der Waals surface area contributed by atoms with Crippen molar-refractivity contribution < 1.29 is 24.1 Å². The Kier molecular flexibility index (Phi) is 6.66. The summed E-state index contributed by atoms with van der Waals surface area (Å²) in [6.45, 7) is 4.50. The van der Waals surface area contributed by atoms with Gasteiger partial charge in [-0.15, -0.1) is 0 Å². The predicted molar refractivity (Wildman–Crippen MR) is 128 cm³/mol. The zero-order valence-electron chi connectivity index (χ0n) is 19.8. The van der Waals surface area contributed by atoms with Crippen LogP contribution in [0.25, 0.3) is 0 Å². The third kappa shape index (κ3) is 4.22. The van der Waals surface area contributed by atoms with Crippen molar-refractivity contribution in [3.63, 3.8) is 0 Å². The molecule has 4 rings (SSSR count). The molecule has 0 spiro atoms. The fraction of sp³-hybridized carbons (Fsp3) is 0.519. The average molecular weight is 473 g/mol. The lowest BCUT2D eigenvalue weighted by Gasteiger charge is -2.49. The zero-order valence-corrected chi connectivity index (χ0v) is 20.6. The number of benzene rings is 2. The molecular formula is C27H33ClO5. The molecule has 1 N–H and O–H groups in total.